The van der Waals surface area contributed by atoms with E-state index < -0.39 is 6.10 Å². The van der Waals surface area contributed by atoms with Crippen LogP contribution in [0.2, 0.25) is 0 Å². The van der Waals surface area contributed by atoms with Gasteiger partial charge >= 0.3 is 0 Å². The molecule has 2 N–H and O–H groups in total. The zero-order valence-corrected chi connectivity index (χ0v) is 12.1. The molecule has 0 aromatic heterocycles. The Labute approximate surface area is 114 Å². The fourth-order valence-electron chi connectivity index (χ4n) is 2.11. The molecule has 2 unspecified atom stereocenters. The van der Waals surface area contributed by atoms with Crippen LogP contribution in [-0.4, -0.2) is 30.3 Å². The Balaban J connectivity index is 2.64. The molecule has 106 valence electrons. The summed E-state index contributed by atoms with van der Waals surface area (Å²) in [4.78, 5) is 11.9. The number of methoxy groups -OCH3 is 1. The highest BCUT2D eigenvalue weighted by molar-refractivity contribution is 5.79. The maximum Gasteiger partial charge on any atom is 0.224 e. The molecule has 1 amide bonds. The van der Waals surface area contributed by atoms with Crippen molar-refractivity contribution in [2.75, 3.05) is 7.11 Å². The van der Waals surface area contributed by atoms with E-state index in [4.69, 9.17) is 4.74 Å². The van der Waals surface area contributed by atoms with Gasteiger partial charge in [0.05, 0.1) is 19.6 Å². The van der Waals surface area contributed by atoms with Crippen LogP contribution < -0.4 is 10.1 Å². The zero-order chi connectivity index (χ0) is 14.4. The Morgan fingerprint density at radius 2 is 2.11 bits per heavy atom. The Bertz CT molecular complexity index is 429. The van der Waals surface area contributed by atoms with Crippen molar-refractivity contribution in [1.29, 1.82) is 0 Å². The number of benzene rings is 1. The van der Waals surface area contributed by atoms with E-state index in [0.717, 1.165) is 16.9 Å². The van der Waals surface area contributed by atoms with Crippen molar-refractivity contribution in [3.63, 3.8) is 0 Å². The molecule has 0 heterocycles. The number of hydrogen-bond donors (Lipinski definition) is 2. The maximum atomic E-state index is 11.9. The molecule has 0 fully saturated rings. The molecule has 1 aromatic rings. The van der Waals surface area contributed by atoms with Crippen molar-refractivity contribution in [2.24, 2.45) is 0 Å². The highest BCUT2D eigenvalue weighted by atomic mass is 16.5. The van der Waals surface area contributed by atoms with E-state index >= 15 is 0 Å². The van der Waals surface area contributed by atoms with Gasteiger partial charge in [-0.25, -0.2) is 0 Å². The van der Waals surface area contributed by atoms with Crippen LogP contribution in [0.5, 0.6) is 5.75 Å². The second-order valence-corrected chi connectivity index (χ2v) is 5.05. The number of aliphatic hydroxyl groups is 1. The minimum atomic E-state index is -0.413. The fraction of sp³-hybridized carbons (Fsp3) is 0.533. The zero-order valence-electron chi connectivity index (χ0n) is 12.1. The van der Waals surface area contributed by atoms with Crippen LogP contribution >= 0.6 is 0 Å². The molecule has 4 nitrogen and oxygen atoms in total. The van der Waals surface area contributed by atoms with Crippen LogP contribution in [0.1, 0.15) is 31.4 Å². The summed E-state index contributed by atoms with van der Waals surface area (Å²) in [6.07, 6.45) is 0.426. The minimum absolute atomic E-state index is 0.0386. The van der Waals surface area contributed by atoms with E-state index in [1.54, 1.807) is 14.0 Å². The molecule has 19 heavy (non-hydrogen) atoms. The van der Waals surface area contributed by atoms with Gasteiger partial charge in [-0.2, -0.15) is 0 Å². The van der Waals surface area contributed by atoms with Crippen LogP contribution in [0.4, 0.5) is 0 Å². The quantitative estimate of drug-likeness (QED) is 0.825. The summed E-state index contributed by atoms with van der Waals surface area (Å²) >= 11 is 0. The molecule has 0 saturated heterocycles. The topological polar surface area (TPSA) is 58.6 Å². The van der Waals surface area contributed by atoms with Crippen molar-refractivity contribution in [3.8, 4) is 5.75 Å². The van der Waals surface area contributed by atoms with Crippen LogP contribution in [0.25, 0.3) is 0 Å². The van der Waals surface area contributed by atoms with Crippen molar-refractivity contribution >= 4 is 5.91 Å². The van der Waals surface area contributed by atoms with E-state index in [1.807, 2.05) is 32.0 Å². The second-order valence-electron chi connectivity index (χ2n) is 5.05. The lowest BCUT2D eigenvalue weighted by Gasteiger charge is -2.16. The third kappa shape index (κ3) is 5.30. The lowest BCUT2D eigenvalue weighted by molar-refractivity contribution is -0.121. The molecular weight excluding hydrogens is 242 g/mol. The molecule has 0 aliphatic carbocycles. The largest absolute Gasteiger partial charge is 0.496 e. The Kier molecular flexibility index (Phi) is 5.83. The number of nitrogens with one attached hydrogen (secondary N) is 1. The smallest absolute Gasteiger partial charge is 0.224 e. The van der Waals surface area contributed by atoms with Crippen molar-refractivity contribution in [1.82, 2.24) is 5.32 Å². The number of aryl methyl sites for hydroxylation is 1. The number of carbonyl (C=O) groups is 1. The first-order valence-corrected chi connectivity index (χ1v) is 6.53. The van der Waals surface area contributed by atoms with Gasteiger partial charge in [-0.05, 0) is 33.3 Å². The average Bonchev–Trinajstić information content (AvgIpc) is 2.27. The molecule has 4 heteroatoms. The average molecular weight is 265 g/mol. The Morgan fingerprint density at radius 1 is 1.42 bits per heavy atom. The number of rotatable bonds is 6. The van der Waals surface area contributed by atoms with Gasteiger partial charge in [0.25, 0.3) is 0 Å². The first-order chi connectivity index (χ1) is 8.92. The third-order valence-corrected chi connectivity index (χ3v) is 2.89. The summed E-state index contributed by atoms with van der Waals surface area (Å²) in [5.74, 6) is 0.668. The number of amides is 1. The summed E-state index contributed by atoms with van der Waals surface area (Å²) in [6.45, 7) is 5.58. The summed E-state index contributed by atoms with van der Waals surface area (Å²) in [6, 6.07) is 5.74. The van der Waals surface area contributed by atoms with E-state index in [2.05, 4.69) is 5.32 Å². The van der Waals surface area contributed by atoms with Crippen LogP contribution in [0.3, 0.4) is 0 Å². The number of ether oxygens (including phenoxy) is 1. The second kappa shape index (κ2) is 7.14. The van der Waals surface area contributed by atoms with Crippen LogP contribution in [0.15, 0.2) is 18.2 Å². The minimum Gasteiger partial charge on any atom is -0.496 e. The molecule has 0 spiro atoms. The molecule has 0 saturated carbocycles. The first kappa shape index (κ1) is 15.5. The van der Waals surface area contributed by atoms with Gasteiger partial charge in [0.15, 0.2) is 0 Å². The van der Waals surface area contributed by atoms with Gasteiger partial charge in [0.1, 0.15) is 5.75 Å². The molecule has 0 aliphatic rings. The summed E-state index contributed by atoms with van der Waals surface area (Å²) < 4.78 is 5.25. The van der Waals surface area contributed by atoms with Gasteiger partial charge in [-0.3, -0.25) is 4.79 Å². The van der Waals surface area contributed by atoms with Crippen LogP contribution in [0, 0.1) is 6.92 Å². The van der Waals surface area contributed by atoms with Crippen molar-refractivity contribution in [3.05, 3.63) is 29.3 Å². The van der Waals surface area contributed by atoms with Gasteiger partial charge < -0.3 is 15.2 Å². The summed E-state index contributed by atoms with van der Waals surface area (Å²) in [5.41, 5.74) is 1.98. The molecule has 1 rings (SSSR count). The molecule has 0 radical (unpaired) electrons. The number of carbonyl (C=O) groups excluding carboxylic acids is 1. The van der Waals surface area contributed by atoms with Gasteiger partial charge in [-0.1, -0.05) is 17.7 Å². The predicted molar refractivity (Wildman–Crippen MR) is 75.3 cm³/mol. The molecule has 2 atom stereocenters. The Morgan fingerprint density at radius 3 is 2.68 bits per heavy atom. The van der Waals surface area contributed by atoms with Crippen molar-refractivity contribution < 1.29 is 14.6 Å². The fourth-order valence-corrected chi connectivity index (χ4v) is 2.11. The SMILES string of the molecule is COc1ccc(C)cc1CC(=O)NC(C)CC(C)O. The number of aliphatic hydroxyl groups excluding tert-OH is 1. The molecule has 0 aliphatic heterocycles. The normalized spacial score (nSPS) is 13.7. The van der Waals surface area contributed by atoms with E-state index in [1.165, 1.54) is 0 Å². The maximum absolute atomic E-state index is 11.9. The molecular formula is C15H23NO3. The van der Waals surface area contributed by atoms with Gasteiger partial charge in [-0.15, -0.1) is 0 Å². The van der Waals surface area contributed by atoms with E-state index in [9.17, 15) is 9.90 Å². The number of hydrogen-bond acceptors (Lipinski definition) is 3. The molecule has 0 bridgehead atoms. The van der Waals surface area contributed by atoms with Crippen molar-refractivity contribution in [2.45, 2.75) is 45.8 Å². The molecule has 1 aromatic carbocycles. The van der Waals surface area contributed by atoms with Crippen LogP contribution in [-0.2, 0) is 11.2 Å². The Hall–Kier alpha value is -1.55. The lowest BCUT2D eigenvalue weighted by Crippen LogP contribution is -2.35. The highest BCUT2D eigenvalue weighted by Crippen LogP contribution is 2.20. The standard InChI is InChI=1S/C15H23NO3/c1-10-5-6-14(19-4)13(7-10)9-15(18)16-11(2)8-12(3)17/h5-7,11-12,17H,8-9H2,1-4H3,(H,16,18). The van der Waals surface area contributed by atoms with Gasteiger partial charge in [0.2, 0.25) is 5.91 Å². The summed E-state index contributed by atoms with van der Waals surface area (Å²) in [5, 5.41) is 12.1. The predicted octanol–water partition coefficient (Wildman–Crippen LogP) is 1.82. The van der Waals surface area contributed by atoms with E-state index in [-0.39, 0.29) is 18.4 Å². The first-order valence-electron chi connectivity index (χ1n) is 6.53. The van der Waals surface area contributed by atoms with Gasteiger partial charge in [0, 0.05) is 11.6 Å². The highest BCUT2D eigenvalue weighted by Gasteiger charge is 2.12. The lowest BCUT2D eigenvalue weighted by atomic mass is 10.1. The monoisotopic (exact) mass is 265 g/mol. The third-order valence-electron chi connectivity index (χ3n) is 2.89. The van der Waals surface area contributed by atoms with E-state index in [0.29, 0.717) is 6.42 Å². The summed E-state index contributed by atoms with van der Waals surface area (Å²) in [7, 11) is 1.60.